The van der Waals surface area contributed by atoms with E-state index >= 15 is 0 Å². The quantitative estimate of drug-likeness (QED) is 0.757. The lowest BCUT2D eigenvalue weighted by Crippen LogP contribution is -2.39. The SMILES string of the molecule is COCC(CCO)NC(=O)c1cc(C)nnc1C. The average Bonchev–Trinajstić information content (AvgIpc) is 2.33. The maximum atomic E-state index is 12.1. The Morgan fingerprint density at radius 3 is 2.83 bits per heavy atom. The number of methoxy groups -OCH3 is 1. The summed E-state index contributed by atoms with van der Waals surface area (Å²) in [6.45, 7) is 3.88. The molecule has 1 amide bonds. The number of nitrogens with one attached hydrogen (secondary N) is 1. The van der Waals surface area contributed by atoms with E-state index < -0.39 is 0 Å². The van der Waals surface area contributed by atoms with E-state index in [4.69, 9.17) is 9.84 Å². The van der Waals surface area contributed by atoms with Gasteiger partial charge >= 0.3 is 0 Å². The molecule has 0 aromatic carbocycles. The Bertz CT molecular complexity index is 404. The molecule has 0 aliphatic carbocycles. The smallest absolute Gasteiger partial charge is 0.253 e. The summed E-state index contributed by atoms with van der Waals surface area (Å²) >= 11 is 0. The summed E-state index contributed by atoms with van der Waals surface area (Å²) in [4.78, 5) is 12.1. The van der Waals surface area contributed by atoms with E-state index in [0.717, 1.165) is 0 Å². The fraction of sp³-hybridized carbons (Fsp3) is 0.583. The number of nitrogens with zero attached hydrogens (tertiary/aromatic N) is 2. The Labute approximate surface area is 106 Å². The predicted molar refractivity (Wildman–Crippen MR) is 66.3 cm³/mol. The summed E-state index contributed by atoms with van der Waals surface area (Å²) in [6, 6.07) is 1.49. The number of hydrogen-bond donors (Lipinski definition) is 2. The van der Waals surface area contributed by atoms with E-state index in [9.17, 15) is 4.79 Å². The van der Waals surface area contributed by atoms with Crippen molar-refractivity contribution in [2.24, 2.45) is 0 Å². The third kappa shape index (κ3) is 4.05. The number of aryl methyl sites for hydroxylation is 2. The first-order valence-corrected chi connectivity index (χ1v) is 5.80. The second-order valence-corrected chi connectivity index (χ2v) is 4.12. The van der Waals surface area contributed by atoms with E-state index in [2.05, 4.69) is 15.5 Å². The van der Waals surface area contributed by atoms with Gasteiger partial charge < -0.3 is 15.2 Å². The Balaban J connectivity index is 2.76. The minimum absolute atomic E-state index is 0.000905. The third-order valence-electron chi connectivity index (χ3n) is 2.53. The largest absolute Gasteiger partial charge is 0.396 e. The predicted octanol–water partition coefficient (Wildman–Crippen LogP) is 0.221. The molecule has 1 unspecified atom stereocenters. The molecule has 0 bridgehead atoms. The van der Waals surface area contributed by atoms with Crippen LogP contribution in [0.3, 0.4) is 0 Å². The molecule has 1 atom stereocenters. The molecule has 1 rings (SSSR count). The van der Waals surface area contributed by atoms with Crippen molar-refractivity contribution in [3.8, 4) is 0 Å². The molecule has 6 nitrogen and oxygen atoms in total. The minimum Gasteiger partial charge on any atom is -0.396 e. The van der Waals surface area contributed by atoms with Crippen LogP contribution in [0, 0.1) is 13.8 Å². The first kappa shape index (κ1) is 14.5. The number of aliphatic hydroxyl groups is 1. The summed E-state index contributed by atoms with van der Waals surface area (Å²) in [5, 5.41) is 19.5. The highest BCUT2D eigenvalue weighted by Gasteiger charge is 2.16. The summed E-state index contributed by atoms with van der Waals surface area (Å²) in [6.07, 6.45) is 0.454. The fourth-order valence-electron chi connectivity index (χ4n) is 1.60. The summed E-state index contributed by atoms with van der Waals surface area (Å²) < 4.78 is 4.99. The van der Waals surface area contributed by atoms with Crippen molar-refractivity contribution in [2.45, 2.75) is 26.3 Å². The molecule has 1 heterocycles. The van der Waals surface area contributed by atoms with Gasteiger partial charge in [-0.25, -0.2) is 0 Å². The van der Waals surface area contributed by atoms with Gasteiger partial charge in [-0.05, 0) is 26.3 Å². The van der Waals surface area contributed by atoms with Gasteiger partial charge in [0.2, 0.25) is 0 Å². The van der Waals surface area contributed by atoms with Crippen LogP contribution in [-0.2, 0) is 4.74 Å². The molecule has 1 aromatic rings. The number of hydrogen-bond acceptors (Lipinski definition) is 5. The van der Waals surface area contributed by atoms with Crippen LogP contribution in [0.15, 0.2) is 6.07 Å². The summed E-state index contributed by atoms with van der Waals surface area (Å²) in [7, 11) is 1.56. The van der Waals surface area contributed by atoms with E-state index in [-0.39, 0.29) is 18.6 Å². The van der Waals surface area contributed by atoms with Crippen LogP contribution in [-0.4, -0.2) is 47.6 Å². The lowest BCUT2D eigenvalue weighted by atomic mass is 10.1. The van der Waals surface area contributed by atoms with Crippen molar-refractivity contribution in [2.75, 3.05) is 20.3 Å². The van der Waals surface area contributed by atoms with Gasteiger partial charge in [-0.1, -0.05) is 0 Å². The van der Waals surface area contributed by atoms with E-state index in [1.165, 1.54) is 0 Å². The normalized spacial score (nSPS) is 12.2. The maximum Gasteiger partial charge on any atom is 0.253 e. The number of amides is 1. The number of carbonyl (C=O) groups excluding carboxylic acids is 1. The minimum atomic E-state index is -0.221. The van der Waals surface area contributed by atoms with Gasteiger partial charge in [0, 0.05) is 13.7 Å². The Kier molecular flexibility index (Phi) is 5.67. The van der Waals surface area contributed by atoms with Gasteiger partial charge in [0.15, 0.2) is 0 Å². The molecule has 0 aliphatic rings. The Hall–Kier alpha value is -1.53. The number of aromatic nitrogens is 2. The van der Waals surface area contributed by atoms with E-state index in [1.54, 1.807) is 27.0 Å². The molecular weight excluding hydrogens is 234 g/mol. The molecule has 0 spiro atoms. The highest BCUT2D eigenvalue weighted by Crippen LogP contribution is 2.06. The molecule has 6 heteroatoms. The zero-order chi connectivity index (χ0) is 13.5. The number of carbonyl (C=O) groups is 1. The second-order valence-electron chi connectivity index (χ2n) is 4.12. The van der Waals surface area contributed by atoms with Crippen molar-refractivity contribution in [1.29, 1.82) is 0 Å². The zero-order valence-electron chi connectivity index (χ0n) is 10.9. The zero-order valence-corrected chi connectivity index (χ0v) is 10.9. The molecule has 1 aromatic heterocycles. The average molecular weight is 253 g/mol. The van der Waals surface area contributed by atoms with Crippen LogP contribution in [0.1, 0.15) is 28.2 Å². The molecule has 0 radical (unpaired) electrons. The molecule has 100 valence electrons. The number of ether oxygens (including phenoxy) is 1. The summed E-state index contributed by atoms with van der Waals surface area (Å²) in [5.74, 6) is -0.221. The molecule has 0 saturated carbocycles. The van der Waals surface area contributed by atoms with Gasteiger partial charge in [0.1, 0.15) is 0 Å². The Morgan fingerprint density at radius 1 is 1.50 bits per heavy atom. The van der Waals surface area contributed by atoms with Crippen molar-refractivity contribution < 1.29 is 14.6 Å². The van der Waals surface area contributed by atoms with Gasteiger partial charge in [0.25, 0.3) is 5.91 Å². The van der Waals surface area contributed by atoms with Gasteiger partial charge in [-0.15, -0.1) is 0 Å². The first-order valence-electron chi connectivity index (χ1n) is 5.80. The third-order valence-corrected chi connectivity index (χ3v) is 2.53. The van der Waals surface area contributed by atoms with Crippen LogP contribution in [0.5, 0.6) is 0 Å². The molecule has 2 N–H and O–H groups in total. The number of rotatable bonds is 6. The molecule has 0 saturated heterocycles. The van der Waals surface area contributed by atoms with Crippen LogP contribution < -0.4 is 5.32 Å². The highest BCUT2D eigenvalue weighted by molar-refractivity contribution is 5.95. The fourth-order valence-corrected chi connectivity index (χ4v) is 1.60. The topological polar surface area (TPSA) is 84.3 Å². The van der Waals surface area contributed by atoms with E-state index in [0.29, 0.717) is 30.0 Å². The van der Waals surface area contributed by atoms with Crippen molar-refractivity contribution in [3.05, 3.63) is 23.0 Å². The second kappa shape index (κ2) is 7.03. The van der Waals surface area contributed by atoms with Gasteiger partial charge in [0.05, 0.1) is 29.6 Å². The van der Waals surface area contributed by atoms with Crippen LogP contribution in [0.4, 0.5) is 0 Å². The van der Waals surface area contributed by atoms with Crippen molar-refractivity contribution in [3.63, 3.8) is 0 Å². The van der Waals surface area contributed by atoms with Gasteiger partial charge in [-0.3, -0.25) is 4.79 Å². The standard InChI is InChI=1S/C12H19N3O3/c1-8-6-11(9(2)15-14-8)12(17)13-10(4-5-16)7-18-3/h6,10,16H,4-5,7H2,1-3H3,(H,13,17). The van der Waals surface area contributed by atoms with Crippen LogP contribution >= 0.6 is 0 Å². The first-order chi connectivity index (χ1) is 8.58. The van der Waals surface area contributed by atoms with Crippen LogP contribution in [0.2, 0.25) is 0 Å². The maximum absolute atomic E-state index is 12.1. The molecular formula is C12H19N3O3. The van der Waals surface area contributed by atoms with Crippen molar-refractivity contribution in [1.82, 2.24) is 15.5 Å². The van der Waals surface area contributed by atoms with E-state index in [1.807, 2.05) is 0 Å². The van der Waals surface area contributed by atoms with Gasteiger partial charge in [-0.2, -0.15) is 10.2 Å². The molecule has 0 aliphatic heterocycles. The Morgan fingerprint density at radius 2 is 2.22 bits per heavy atom. The van der Waals surface area contributed by atoms with Crippen LogP contribution in [0.25, 0.3) is 0 Å². The molecule has 18 heavy (non-hydrogen) atoms. The molecule has 0 fully saturated rings. The number of aliphatic hydroxyl groups excluding tert-OH is 1. The lowest BCUT2D eigenvalue weighted by molar-refractivity contribution is 0.0877. The van der Waals surface area contributed by atoms with Crippen molar-refractivity contribution >= 4 is 5.91 Å². The summed E-state index contributed by atoms with van der Waals surface area (Å²) in [5.41, 5.74) is 1.77. The monoisotopic (exact) mass is 253 g/mol. The lowest BCUT2D eigenvalue weighted by Gasteiger charge is -2.17. The highest BCUT2D eigenvalue weighted by atomic mass is 16.5.